The average Bonchev–Trinajstić information content (AvgIpc) is 3.48. The maximum atomic E-state index is 12.9. The smallest absolute Gasteiger partial charge is 0.306 e. The Kier molecular flexibility index (Phi) is 65.3. The van der Waals surface area contributed by atoms with Crippen molar-refractivity contribution in [2.24, 2.45) is 0 Å². The lowest BCUT2D eigenvalue weighted by molar-refractivity contribution is -0.167. The van der Waals surface area contributed by atoms with E-state index in [-0.39, 0.29) is 31.1 Å². The molecule has 6 heteroatoms. The zero-order valence-corrected chi connectivity index (χ0v) is 53.5. The number of unbranched alkanes of at least 4 members (excludes halogenated alkanes) is 28. The van der Waals surface area contributed by atoms with Crippen molar-refractivity contribution in [3.05, 3.63) is 134 Å². The molecule has 0 spiro atoms. The van der Waals surface area contributed by atoms with Crippen LogP contribution in [0.4, 0.5) is 0 Å². The fraction of sp³-hybridized carbons (Fsp3) is 0.671. The molecule has 0 fully saturated rings. The van der Waals surface area contributed by atoms with E-state index >= 15 is 0 Å². The molecular formula is C76H126O6. The van der Waals surface area contributed by atoms with E-state index in [4.69, 9.17) is 14.2 Å². The second kappa shape index (κ2) is 69.0. The number of allylic oxidation sites excluding steroid dienone is 22. The van der Waals surface area contributed by atoms with Gasteiger partial charge in [0.1, 0.15) is 13.2 Å². The Bertz CT molecular complexity index is 1730. The van der Waals surface area contributed by atoms with E-state index < -0.39 is 6.10 Å². The van der Waals surface area contributed by atoms with Crippen molar-refractivity contribution in [3.8, 4) is 0 Å². The quantitative estimate of drug-likeness (QED) is 0.0261. The molecule has 1 atom stereocenters. The van der Waals surface area contributed by atoms with Gasteiger partial charge in [0, 0.05) is 19.3 Å². The van der Waals surface area contributed by atoms with Gasteiger partial charge in [0.05, 0.1) is 0 Å². The highest BCUT2D eigenvalue weighted by Crippen LogP contribution is 2.16. The second-order valence-electron chi connectivity index (χ2n) is 22.3. The molecule has 0 heterocycles. The lowest BCUT2D eigenvalue weighted by Gasteiger charge is -2.18. The van der Waals surface area contributed by atoms with Gasteiger partial charge in [-0.2, -0.15) is 0 Å². The molecule has 6 nitrogen and oxygen atoms in total. The van der Waals surface area contributed by atoms with E-state index in [9.17, 15) is 14.4 Å². The van der Waals surface area contributed by atoms with Crippen LogP contribution in [0.3, 0.4) is 0 Å². The fourth-order valence-corrected chi connectivity index (χ4v) is 9.32. The number of hydrogen-bond acceptors (Lipinski definition) is 6. The summed E-state index contributed by atoms with van der Waals surface area (Å²) in [5, 5.41) is 0. The molecule has 1 unspecified atom stereocenters. The number of rotatable bonds is 61. The van der Waals surface area contributed by atoms with Crippen molar-refractivity contribution in [2.45, 2.75) is 316 Å². The summed E-state index contributed by atoms with van der Waals surface area (Å²) in [6, 6.07) is 0. The number of ether oxygens (including phenoxy) is 3. The van der Waals surface area contributed by atoms with E-state index in [0.717, 1.165) is 141 Å². The first-order valence-corrected chi connectivity index (χ1v) is 34.2. The van der Waals surface area contributed by atoms with Crippen LogP contribution >= 0.6 is 0 Å². The lowest BCUT2D eigenvalue weighted by atomic mass is 10.0. The van der Waals surface area contributed by atoms with Crippen LogP contribution in [0.2, 0.25) is 0 Å². The molecule has 0 radical (unpaired) electrons. The zero-order valence-electron chi connectivity index (χ0n) is 53.5. The monoisotopic (exact) mass is 1130 g/mol. The third-order valence-electron chi connectivity index (χ3n) is 14.4. The van der Waals surface area contributed by atoms with E-state index in [2.05, 4.69) is 154 Å². The van der Waals surface area contributed by atoms with E-state index in [0.29, 0.717) is 19.3 Å². The summed E-state index contributed by atoms with van der Waals surface area (Å²) in [7, 11) is 0. The molecule has 0 aliphatic heterocycles. The molecule has 0 aromatic carbocycles. The summed E-state index contributed by atoms with van der Waals surface area (Å²) in [5.41, 5.74) is 0. The molecule has 0 N–H and O–H groups in total. The molecule has 0 saturated heterocycles. The van der Waals surface area contributed by atoms with Crippen LogP contribution in [0.25, 0.3) is 0 Å². The normalized spacial score (nSPS) is 13.0. The van der Waals surface area contributed by atoms with Crippen molar-refractivity contribution in [3.63, 3.8) is 0 Å². The van der Waals surface area contributed by atoms with E-state index in [1.165, 1.54) is 128 Å². The molecule has 0 amide bonds. The highest BCUT2D eigenvalue weighted by atomic mass is 16.6. The Labute approximate surface area is 506 Å². The van der Waals surface area contributed by atoms with E-state index in [1.54, 1.807) is 0 Å². The second-order valence-corrected chi connectivity index (χ2v) is 22.3. The Hall–Kier alpha value is -4.45. The fourth-order valence-electron chi connectivity index (χ4n) is 9.32. The Morgan fingerprint density at radius 3 is 0.756 bits per heavy atom. The maximum Gasteiger partial charge on any atom is 0.306 e. The lowest BCUT2D eigenvalue weighted by Crippen LogP contribution is -2.30. The summed E-state index contributed by atoms with van der Waals surface area (Å²) < 4.78 is 16.9. The first kappa shape index (κ1) is 77.5. The van der Waals surface area contributed by atoms with Gasteiger partial charge in [-0.25, -0.2) is 0 Å². The van der Waals surface area contributed by atoms with Crippen LogP contribution in [0.1, 0.15) is 310 Å². The predicted molar refractivity (Wildman–Crippen MR) is 357 cm³/mol. The van der Waals surface area contributed by atoms with Gasteiger partial charge in [-0.15, -0.1) is 0 Å². The van der Waals surface area contributed by atoms with Crippen LogP contribution in [0.15, 0.2) is 134 Å². The SMILES string of the molecule is CC/C=C\C/C=C\C/C=C\C/C=C\C/C=C\C/C=C\CCCCCCCCCCCCC(=O)OCC(COC(=O)CCCCCCC/C=C\CCC)OC(=O)CCCCCCCCCCCCCC/C=C\C/C=C\C/C=C\C/C=C\CC. The predicted octanol–water partition coefficient (Wildman–Crippen LogP) is 23.7. The van der Waals surface area contributed by atoms with Gasteiger partial charge in [-0.05, 0) is 128 Å². The summed E-state index contributed by atoms with van der Waals surface area (Å²) in [5.74, 6) is -0.896. The zero-order chi connectivity index (χ0) is 59.2. The summed E-state index contributed by atoms with van der Waals surface area (Å²) in [6.07, 6.45) is 97.6. The van der Waals surface area contributed by atoms with E-state index in [1.807, 2.05) is 0 Å². The first-order chi connectivity index (χ1) is 40.5. The van der Waals surface area contributed by atoms with Gasteiger partial charge >= 0.3 is 17.9 Å². The molecule has 0 bridgehead atoms. The maximum absolute atomic E-state index is 12.9. The van der Waals surface area contributed by atoms with Crippen molar-refractivity contribution in [1.82, 2.24) is 0 Å². The van der Waals surface area contributed by atoms with Gasteiger partial charge < -0.3 is 14.2 Å². The Morgan fingerprint density at radius 1 is 0.256 bits per heavy atom. The van der Waals surface area contributed by atoms with Crippen LogP contribution in [-0.2, 0) is 28.6 Å². The number of carbonyl (C=O) groups is 3. The number of carbonyl (C=O) groups excluding carboxylic acids is 3. The van der Waals surface area contributed by atoms with Gasteiger partial charge in [-0.3, -0.25) is 14.4 Å². The highest BCUT2D eigenvalue weighted by Gasteiger charge is 2.19. The molecule has 0 aliphatic carbocycles. The van der Waals surface area contributed by atoms with Crippen molar-refractivity contribution in [2.75, 3.05) is 13.2 Å². The molecule has 0 saturated carbocycles. The summed E-state index contributed by atoms with van der Waals surface area (Å²) >= 11 is 0. The highest BCUT2D eigenvalue weighted by molar-refractivity contribution is 5.71. The van der Waals surface area contributed by atoms with Gasteiger partial charge in [0.15, 0.2) is 6.10 Å². The topological polar surface area (TPSA) is 78.9 Å². The molecule has 82 heavy (non-hydrogen) atoms. The molecule has 466 valence electrons. The van der Waals surface area contributed by atoms with Crippen molar-refractivity contribution in [1.29, 1.82) is 0 Å². The first-order valence-electron chi connectivity index (χ1n) is 34.2. The largest absolute Gasteiger partial charge is 0.462 e. The Morgan fingerprint density at radius 2 is 0.476 bits per heavy atom. The minimum atomic E-state index is -0.789. The minimum Gasteiger partial charge on any atom is -0.462 e. The number of esters is 3. The van der Waals surface area contributed by atoms with Gasteiger partial charge in [0.25, 0.3) is 0 Å². The Balaban J connectivity index is 4.24. The number of hydrogen-bond donors (Lipinski definition) is 0. The molecule has 0 aliphatic rings. The van der Waals surface area contributed by atoms with Crippen molar-refractivity contribution >= 4 is 17.9 Å². The molecule has 0 aromatic heterocycles. The minimum absolute atomic E-state index is 0.0853. The van der Waals surface area contributed by atoms with Gasteiger partial charge in [-0.1, -0.05) is 296 Å². The summed E-state index contributed by atoms with van der Waals surface area (Å²) in [6.45, 7) is 6.36. The third kappa shape index (κ3) is 66.4. The van der Waals surface area contributed by atoms with Crippen molar-refractivity contribution < 1.29 is 28.6 Å². The van der Waals surface area contributed by atoms with Crippen LogP contribution in [0.5, 0.6) is 0 Å². The molecule has 0 aromatic rings. The average molecular weight is 1140 g/mol. The standard InChI is InChI=1S/C76H126O6/c1-4-7-10-13-16-19-22-24-26-28-30-32-34-36-37-38-39-41-42-44-46-48-50-52-54-57-60-63-66-69-75(78)81-72-73(71-80-74(77)68-65-62-59-56-21-18-15-12-9-6-3)82-76(79)70-67-64-61-58-55-53-51-49-47-45-43-40-35-33-31-29-27-25-23-20-17-14-11-8-5-2/h7-8,10-12,15-17,19-20,24-27,30-33,36-37,39,41,73H,4-6,9,13-14,18,21-23,28-29,34-35,38,40,42-72H2,1-3H3/b10-7-,11-8-,15-12-,19-16-,20-17-,26-24-,27-25-,32-30-,33-31-,37-36-,41-39-. The molecular weight excluding hydrogens is 1010 g/mol. The van der Waals surface area contributed by atoms with Crippen LogP contribution in [0, 0.1) is 0 Å². The van der Waals surface area contributed by atoms with Crippen LogP contribution in [-0.4, -0.2) is 37.2 Å². The molecule has 0 rings (SSSR count). The third-order valence-corrected chi connectivity index (χ3v) is 14.4. The van der Waals surface area contributed by atoms with Gasteiger partial charge in [0.2, 0.25) is 0 Å². The van der Waals surface area contributed by atoms with Crippen LogP contribution < -0.4 is 0 Å². The summed E-state index contributed by atoms with van der Waals surface area (Å²) in [4.78, 5) is 38.3.